The second-order valence-corrected chi connectivity index (χ2v) is 3.84. The zero-order chi connectivity index (χ0) is 12.0. The van der Waals surface area contributed by atoms with E-state index in [1.165, 1.54) is 4.03 Å². The molecule has 0 bridgehead atoms. The van der Waals surface area contributed by atoms with Crippen molar-refractivity contribution in [3.05, 3.63) is 29.3 Å². The summed E-state index contributed by atoms with van der Waals surface area (Å²) in [6.45, 7) is 2.06. The molecule has 0 saturated carbocycles. The fraction of sp³-hybridized carbons (Fsp3) is 0.200. The lowest BCUT2D eigenvalue weighted by Crippen LogP contribution is -2.08. The maximum atomic E-state index is 11.0. The first-order valence-electron chi connectivity index (χ1n) is 4.55. The molecule has 0 aliphatic carbocycles. The first kappa shape index (κ1) is 13.0. The first-order valence-corrected chi connectivity index (χ1v) is 5.64. The van der Waals surface area contributed by atoms with Crippen LogP contribution in [0.3, 0.4) is 0 Å². The minimum absolute atomic E-state index is 0.327. The van der Waals surface area contributed by atoms with E-state index < -0.39 is 5.97 Å². The number of anilines is 1. The van der Waals surface area contributed by atoms with Crippen LogP contribution in [0.25, 0.3) is 0 Å². The molecule has 1 aromatic carbocycles. The van der Waals surface area contributed by atoms with Crippen molar-refractivity contribution < 1.29 is 9.53 Å². The summed E-state index contributed by atoms with van der Waals surface area (Å²) in [7, 11) is 0. The van der Waals surface area contributed by atoms with E-state index in [1.807, 2.05) is 0 Å². The van der Waals surface area contributed by atoms with E-state index in [4.69, 9.17) is 16.3 Å². The molecule has 1 aromatic rings. The van der Waals surface area contributed by atoms with E-state index in [-0.39, 0.29) is 0 Å². The van der Waals surface area contributed by atoms with Crippen LogP contribution in [0, 0.1) is 0 Å². The summed E-state index contributed by atoms with van der Waals surface area (Å²) in [5, 5.41) is 4.49. The SMILES string of the molecule is CCOC(=O)C=NN(Br)c1ccc(Cl)cc1. The molecular weight excluding hydrogens is 295 g/mol. The molecule has 0 radical (unpaired) electrons. The van der Waals surface area contributed by atoms with Gasteiger partial charge < -0.3 is 4.74 Å². The summed E-state index contributed by atoms with van der Waals surface area (Å²) in [5.41, 5.74) is 0.755. The van der Waals surface area contributed by atoms with Gasteiger partial charge in [-0.3, -0.25) is 0 Å². The van der Waals surface area contributed by atoms with Gasteiger partial charge in [-0.15, -0.1) is 0 Å². The van der Waals surface area contributed by atoms with Gasteiger partial charge in [0.1, 0.15) is 6.21 Å². The molecule has 86 valence electrons. The molecule has 0 heterocycles. The van der Waals surface area contributed by atoms with Crippen LogP contribution in [0.4, 0.5) is 5.69 Å². The Hall–Kier alpha value is -1.07. The standard InChI is InChI=1S/C10H10BrClN2O2/c1-2-16-10(15)7-13-14(11)9-5-3-8(12)4-6-9/h3-7H,2H2,1H3. The highest BCUT2D eigenvalue weighted by Gasteiger charge is 2.01. The highest BCUT2D eigenvalue weighted by atomic mass is 79.9. The summed E-state index contributed by atoms with van der Waals surface area (Å²) >= 11 is 8.91. The van der Waals surface area contributed by atoms with Crippen LogP contribution in [-0.4, -0.2) is 18.8 Å². The summed E-state index contributed by atoms with van der Waals surface area (Å²) < 4.78 is 6.07. The van der Waals surface area contributed by atoms with E-state index in [0.29, 0.717) is 11.6 Å². The van der Waals surface area contributed by atoms with E-state index in [1.54, 1.807) is 31.2 Å². The maximum absolute atomic E-state index is 11.0. The molecule has 0 N–H and O–H groups in total. The van der Waals surface area contributed by atoms with Crippen molar-refractivity contribution in [2.24, 2.45) is 5.10 Å². The molecule has 4 nitrogen and oxygen atoms in total. The van der Waals surface area contributed by atoms with Gasteiger partial charge in [0.2, 0.25) is 0 Å². The number of benzene rings is 1. The van der Waals surface area contributed by atoms with Gasteiger partial charge in [0.15, 0.2) is 0 Å². The van der Waals surface area contributed by atoms with Crippen LogP contribution in [0.15, 0.2) is 29.4 Å². The quantitative estimate of drug-likeness (QED) is 0.372. The zero-order valence-corrected chi connectivity index (χ0v) is 10.9. The first-order chi connectivity index (χ1) is 7.63. The lowest BCUT2D eigenvalue weighted by molar-refractivity contribution is -0.134. The van der Waals surface area contributed by atoms with Crippen molar-refractivity contribution in [1.82, 2.24) is 0 Å². The van der Waals surface area contributed by atoms with Crippen LogP contribution in [-0.2, 0) is 9.53 Å². The third kappa shape index (κ3) is 4.20. The second-order valence-electron chi connectivity index (χ2n) is 2.73. The van der Waals surface area contributed by atoms with Gasteiger partial charge in [-0.1, -0.05) is 11.6 Å². The molecule has 1 rings (SSSR count). The third-order valence-corrected chi connectivity index (χ3v) is 2.44. The Morgan fingerprint density at radius 1 is 1.56 bits per heavy atom. The largest absolute Gasteiger partial charge is 0.462 e. The van der Waals surface area contributed by atoms with E-state index >= 15 is 0 Å². The molecule has 0 aromatic heterocycles. The Labute approximate surface area is 107 Å². The monoisotopic (exact) mass is 304 g/mol. The molecule has 0 aliphatic rings. The number of ether oxygens (including phenoxy) is 1. The topological polar surface area (TPSA) is 41.9 Å². The molecule has 0 aliphatic heterocycles. The van der Waals surface area contributed by atoms with Crippen molar-refractivity contribution in [2.75, 3.05) is 10.6 Å². The average Bonchev–Trinajstić information content (AvgIpc) is 2.27. The Morgan fingerprint density at radius 2 is 2.19 bits per heavy atom. The number of esters is 1. The molecule has 0 saturated heterocycles. The number of carbonyl (C=O) groups is 1. The fourth-order valence-corrected chi connectivity index (χ4v) is 1.36. The zero-order valence-electron chi connectivity index (χ0n) is 8.56. The number of hydrogen-bond donors (Lipinski definition) is 0. The maximum Gasteiger partial charge on any atom is 0.351 e. The van der Waals surface area contributed by atoms with E-state index in [0.717, 1.165) is 11.9 Å². The lowest BCUT2D eigenvalue weighted by atomic mass is 10.3. The van der Waals surface area contributed by atoms with Crippen molar-refractivity contribution in [3.63, 3.8) is 0 Å². The third-order valence-electron chi connectivity index (χ3n) is 1.59. The van der Waals surface area contributed by atoms with Gasteiger partial charge >= 0.3 is 5.97 Å². The summed E-state index contributed by atoms with van der Waals surface area (Å²) in [4.78, 5) is 11.0. The molecule has 6 heteroatoms. The van der Waals surface area contributed by atoms with Gasteiger partial charge in [0.25, 0.3) is 0 Å². The van der Waals surface area contributed by atoms with Crippen molar-refractivity contribution >= 4 is 45.6 Å². The predicted molar refractivity (Wildman–Crippen MR) is 68.0 cm³/mol. The summed E-state index contributed by atoms with van der Waals surface area (Å²) in [6.07, 6.45) is 1.09. The van der Waals surface area contributed by atoms with Crippen molar-refractivity contribution in [1.29, 1.82) is 0 Å². The number of carbonyl (C=O) groups excluding carboxylic acids is 1. The Morgan fingerprint density at radius 3 is 2.75 bits per heavy atom. The lowest BCUT2D eigenvalue weighted by Gasteiger charge is -2.08. The summed E-state index contributed by atoms with van der Waals surface area (Å²) in [6, 6.07) is 6.98. The highest BCUT2D eigenvalue weighted by molar-refractivity contribution is 9.10. The van der Waals surface area contributed by atoms with Crippen LogP contribution in [0.2, 0.25) is 5.02 Å². The highest BCUT2D eigenvalue weighted by Crippen LogP contribution is 2.20. The fourth-order valence-electron chi connectivity index (χ4n) is 0.908. The van der Waals surface area contributed by atoms with Gasteiger partial charge in [-0.2, -0.15) is 9.14 Å². The second kappa shape index (κ2) is 6.50. The molecule has 0 spiro atoms. The van der Waals surface area contributed by atoms with Crippen LogP contribution >= 0.6 is 27.7 Å². The molecule has 0 unspecified atom stereocenters. The number of halogens is 2. The minimum atomic E-state index is -0.485. The normalized spacial score (nSPS) is 10.4. The van der Waals surface area contributed by atoms with Crippen molar-refractivity contribution in [3.8, 4) is 0 Å². The van der Waals surface area contributed by atoms with Gasteiger partial charge in [0.05, 0.1) is 28.4 Å². The molecule has 0 atom stereocenters. The summed E-state index contributed by atoms with van der Waals surface area (Å²) in [5.74, 6) is -0.485. The van der Waals surface area contributed by atoms with Crippen molar-refractivity contribution in [2.45, 2.75) is 6.92 Å². The van der Waals surface area contributed by atoms with Crippen LogP contribution < -0.4 is 4.03 Å². The Balaban J connectivity index is 2.61. The van der Waals surface area contributed by atoms with E-state index in [9.17, 15) is 4.79 Å². The van der Waals surface area contributed by atoms with Crippen LogP contribution in [0.1, 0.15) is 6.92 Å². The van der Waals surface area contributed by atoms with Gasteiger partial charge in [-0.25, -0.2) is 4.79 Å². The molecule has 16 heavy (non-hydrogen) atoms. The van der Waals surface area contributed by atoms with Crippen LogP contribution in [0.5, 0.6) is 0 Å². The average molecular weight is 306 g/mol. The smallest absolute Gasteiger partial charge is 0.351 e. The number of hydrazone groups is 1. The minimum Gasteiger partial charge on any atom is -0.462 e. The van der Waals surface area contributed by atoms with Gasteiger partial charge in [0, 0.05) is 5.02 Å². The molecule has 0 amide bonds. The number of hydrogen-bond acceptors (Lipinski definition) is 4. The Kier molecular flexibility index (Phi) is 5.28. The van der Waals surface area contributed by atoms with Gasteiger partial charge in [-0.05, 0) is 31.2 Å². The molecule has 0 fully saturated rings. The number of rotatable bonds is 4. The van der Waals surface area contributed by atoms with E-state index in [2.05, 4.69) is 21.2 Å². The number of nitrogens with zero attached hydrogens (tertiary/aromatic N) is 2. The molecular formula is C10H10BrClN2O2. The Bertz CT molecular complexity index is 381. The predicted octanol–water partition coefficient (Wildman–Crippen LogP) is 3.01.